The van der Waals surface area contributed by atoms with Gasteiger partial charge >= 0.3 is 6.18 Å². The normalized spacial score (nSPS) is 12.9. The second-order valence-corrected chi connectivity index (χ2v) is 2.46. The van der Waals surface area contributed by atoms with Gasteiger partial charge in [0.15, 0.2) is 0 Å². The Morgan fingerprint density at radius 1 is 1.23 bits per heavy atom. The molecule has 80 valence electrons. The first-order valence-corrected chi connectivity index (χ1v) is 3.53. The monoisotopic (exact) mass is 207 g/mol. The van der Waals surface area contributed by atoms with Crippen LogP contribution in [0.25, 0.3) is 0 Å². The molecule has 0 spiro atoms. The Morgan fingerprint density at radius 3 is 2.08 bits per heavy atom. The second-order valence-electron chi connectivity index (χ2n) is 2.46. The molecule has 0 aliphatic rings. The van der Waals surface area contributed by atoms with Crippen molar-refractivity contribution in [3.8, 4) is 0 Å². The molecule has 13 heavy (non-hydrogen) atoms. The highest BCUT2D eigenvalue weighted by Crippen LogP contribution is 2.16. The Balaban J connectivity index is 3.94. The second kappa shape index (κ2) is 5.33. The zero-order valence-electron chi connectivity index (χ0n) is 6.69. The van der Waals surface area contributed by atoms with Crippen molar-refractivity contribution >= 4 is 0 Å². The van der Waals surface area contributed by atoms with Gasteiger partial charge < -0.3 is 5.11 Å². The first-order chi connectivity index (χ1) is 5.85. The van der Waals surface area contributed by atoms with Crippen LogP contribution in [0.1, 0.15) is 0 Å². The molecule has 0 aliphatic heterocycles. The predicted octanol–water partition coefficient (Wildman–Crippen LogP) is 1.11. The number of aliphatic hydroxyl groups excluding tert-OH is 1. The van der Waals surface area contributed by atoms with Crippen molar-refractivity contribution < 1.29 is 27.1 Å². The highest BCUT2D eigenvalue weighted by atomic mass is 19.4. The average molecular weight is 207 g/mol. The summed E-state index contributed by atoms with van der Waals surface area (Å²) in [7, 11) is 0. The minimum absolute atomic E-state index is 0.399. The summed E-state index contributed by atoms with van der Waals surface area (Å²) in [6.07, 6.45) is -7.33. The minimum atomic E-state index is -4.51. The van der Waals surface area contributed by atoms with E-state index in [1.807, 2.05) is 0 Å². The van der Waals surface area contributed by atoms with Crippen molar-refractivity contribution in [1.29, 1.82) is 0 Å². The fourth-order valence-corrected chi connectivity index (χ4v) is 0.825. The number of halogens is 5. The van der Waals surface area contributed by atoms with Crippen LogP contribution in [0.2, 0.25) is 0 Å². The first kappa shape index (κ1) is 12.6. The zero-order valence-corrected chi connectivity index (χ0v) is 6.69. The van der Waals surface area contributed by atoms with Crippen molar-refractivity contribution in [1.82, 2.24) is 4.90 Å². The fourth-order valence-electron chi connectivity index (χ4n) is 0.825. The molecule has 0 bridgehead atoms. The molecule has 1 N–H and O–H groups in total. The number of aliphatic hydroxyl groups is 1. The Kier molecular flexibility index (Phi) is 5.16. The number of alkyl halides is 5. The summed E-state index contributed by atoms with van der Waals surface area (Å²) in [4.78, 5) is 0.463. The van der Waals surface area contributed by atoms with E-state index in [0.29, 0.717) is 4.90 Å². The molecule has 0 heterocycles. The molecule has 0 radical (unpaired) electrons. The lowest BCUT2D eigenvalue weighted by Gasteiger charge is -2.21. The van der Waals surface area contributed by atoms with E-state index < -0.39 is 38.8 Å². The molecule has 7 heteroatoms. The lowest BCUT2D eigenvalue weighted by molar-refractivity contribution is -0.150. The maximum Gasteiger partial charge on any atom is 0.401 e. The third-order valence-corrected chi connectivity index (χ3v) is 1.22. The smallest absolute Gasteiger partial charge is 0.395 e. The van der Waals surface area contributed by atoms with Crippen LogP contribution in [-0.4, -0.2) is 48.8 Å². The number of rotatable bonds is 5. The van der Waals surface area contributed by atoms with Crippen LogP contribution < -0.4 is 0 Å². The molecule has 0 aromatic rings. The molecule has 0 atom stereocenters. The van der Waals surface area contributed by atoms with Crippen LogP contribution in [0.15, 0.2) is 0 Å². The van der Waals surface area contributed by atoms with Crippen LogP contribution in [0.5, 0.6) is 0 Å². The molecule has 0 saturated heterocycles. The molecule has 0 rings (SSSR count). The Labute approximate surface area is 71.9 Å². The maximum atomic E-state index is 11.7. The van der Waals surface area contributed by atoms with E-state index in [0.717, 1.165) is 0 Å². The van der Waals surface area contributed by atoms with Gasteiger partial charge in [-0.15, -0.1) is 0 Å². The molecular formula is C6H10F5NO. The standard InChI is InChI=1S/C6H10F5NO/c7-5(8)3-12(1-2-13)4-6(9,10)11/h5,13H,1-4H2. The summed E-state index contributed by atoms with van der Waals surface area (Å²) in [6.45, 7) is -3.36. The Hall–Kier alpha value is -0.430. The summed E-state index contributed by atoms with van der Waals surface area (Å²) in [5.41, 5.74) is 0. The van der Waals surface area contributed by atoms with E-state index in [-0.39, 0.29) is 0 Å². The van der Waals surface area contributed by atoms with Gasteiger partial charge in [-0.2, -0.15) is 13.2 Å². The van der Waals surface area contributed by atoms with Gasteiger partial charge in [0.1, 0.15) is 0 Å². The van der Waals surface area contributed by atoms with E-state index in [1.165, 1.54) is 0 Å². The highest BCUT2D eigenvalue weighted by Gasteiger charge is 2.31. The van der Waals surface area contributed by atoms with Crippen molar-refractivity contribution in [3.05, 3.63) is 0 Å². The van der Waals surface area contributed by atoms with E-state index >= 15 is 0 Å². The molecular weight excluding hydrogens is 197 g/mol. The van der Waals surface area contributed by atoms with Gasteiger partial charge in [0.25, 0.3) is 6.43 Å². The van der Waals surface area contributed by atoms with Crippen LogP contribution in [0, 0.1) is 0 Å². The van der Waals surface area contributed by atoms with E-state index in [2.05, 4.69) is 0 Å². The van der Waals surface area contributed by atoms with Crippen molar-refractivity contribution in [2.24, 2.45) is 0 Å². The lowest BCUT2D eigenvalue weighted by atomic mass is 10.4. The quantitative estimate of drug-likeness (QED) is 0.682. The van der Waals surface area contributed by atoms with Crippen LogP contribution in [-0.2, 0) is 0 Å². The molecule has 0 aromatic carbocycles. The Morgan fingerprint density at radius 2 is 1.77 bits per heavy atom. The molecule has 0 unspecified atom stereocenters. The number of nitrogens with zero attached hydrogens (tertiary/aromatic N) is 1. The van der Waals surface area contributed by atoms with Gasteiger partial charge in [-0.25, -0.2) is 8.78 Å². The third-order valence-electron chi connectivity index (χ3n) is 1.22. The van der Waals surface area contributed by atoms with Crippen molar-refractivity contribution in [3.63, 3.8) is 0 Å². The minimum Gasteiger partial charge on any atom is -0.395 e. The SMILES string of the molecule is OCCN(CC(F)F)CC(F)(F)F. The van der Waals surface area contributed by atoms with Gasteiger partial charge in [0.2, 0.25) is 0 Å². The fraction of sp³-hybridized carbons (Fsp3) is 1.00. The number of hydrogen-bond acceptors (Lipinski definition) is 2. The third kappa shape index (κ3) is 7.92. The lowest BCUT2D eigenvalue weighted by Crippen LogP contribution is -2.39. The molecule has 0 amide bonds. The zero-order chi connectivity index (χ0) is 10.5. The van der Waals surface area contributed by atoms with Gasteiger partial charge in [-0.3, -0.25) is 4.90 Å². The maximum absolute atomic E-state index is 11.7. The van der Waals surface area contributed by atoms with Crippen molar-refractivity contribution in [2.45, 2.75) is 12.6 Å². The summed E-state index contributed by atoms with van der Waals surface area (Å²) in [6, 6.07) is 0. The molecule has 0 aliphatic carbocycles. The molecule has 0 fully saturated rings. The van der Waals surface area contributed by atoms with Crippen LogP contribution in [0.3, 0.4) is 0 Å². The highest BCUT2D eigenvalue weighted by molar-refractivity contribution is 4.63. The van der Waals surface area contributed by atoms with Crippen LogP contribution in [0.4, 0.5) is 22.0 Å². The number of hydrogen-bond donors (Lipinski definition) is 1. The largest absolute Gasteiger partial charge is 0.401 e. The van der Waals surface area contributed by atoms with Gasteiger partial charge in [-0.05, 0) is 0 Å². The molecule has 2 nitrogen and oxygen atoms in total. The summed E-state index contributed by atoms with van der Waals surface area (Å²) < 4.78 is 58.5. The van der Waals surface area contributed by atoms with Gasteiger partial charge in [-0.1, -0.05) is 0 Å². The first-order valence-electron chi connectivity index (χ1n) is 3.53. The van der Waals surface area contributed by atoms with Gasteiger partial charge in [0.05, 0.1) is 19.7 Å². The summed E-state index contributed by atoms with van der Waals surface area (Å²) in [5.74, 6) is 0. The predicted molar refractivity (Wildman–Crippen MR) is 35.6 cm³/mol. The average Bonchev–Trinajstić information content (AvgIpc) is 1.81. The summed E-state index contributed by atoms with van der Waals surface area (Å²) in [5, 5.41) is 8.29. The topological polar surface area (TPSA) is 23.5 Å². The Bertz CT molecular complexity index is 137. The van der Waals surface area contributed by atoms with Crippen LogP contribution >= 0.6 is 0 Å². The summed E-state index contributed by atoms with van der Waals surface area (Å²) >= 11 is 0. The van der Waals surface area contributed by atoms with E-state index in [9.17, 15) is 22.0 Å². The van der Waals surface area contributed by atoms with Crippen molar-refractivity contribution in [2.75, 3.05) is 26.2 Å². The van der Waals surface area contributed by atoms with E-state index in [4.69, 9.17) is 5.11 Å². The van der Waals surface area contributed by atoms with E-state index in [1.54, 1.807) is 0 Å². The van der Waals surface area contributed by atoms with Gasteiger partial charge in [0, 0.05) is 6.54 Å². The molecule has 0 aromatic heterocycles. The molecule has 0 saturated carbocycles.